The first-order chi connectivity index (χ1) is 19.4. The standard InChI is InChI=1S/C25H28F2N10O3S/c1-16(25(39,12-35-14-28-13-30-35)20-10-5-17(26)11-21(20)27)37(32-23(38)40-24(2,3)4)22(41)31-18-6-8-19(9-7-18)36-15-29-33-34-36/h5-11,13-16,39H,12H2,1-4H3,(H,31,41)(H,32,38). The van der Waals surface area contributed by atoms with Crippen molar-refractivity contribution in [3.05, 3.63) is 78.6 Å². The lowest BCUT2D eigenvalue weighted by atomic mass is 9.86. The van der Waals surface area contributed by atoms with Gasteiger partial charge in [0.1, 0.15) is 41.8 Å². The summed E-state index contributed by atoms with van der Waals surface area (Å²) in [6, 6.07) is 8.46. The van der Waals surface area contributed by atoms with Crippen molar-refractivity contribution < 1.29 is 23.4 Å². The van der Waals surface area contributed by atoms with Gasteiger partial charge in [-0.1, -0.05) is 6.07 Å². The predicted octanol–water partition coefficient (Wildman–Crippen LogP) is 2.95. The third kappa shape index (κ3) is 7.15. The number of aromatic nitrogens is 7. The summed E-state index contributed by atoms with van der Waals surface area (Å²) in [5.74, 6) is -1.83. The van der Waals surface area contributed by atoms with Gasteiger partial charge in [-0.05, 0) is 80.7 Å². The molecule has 0 saturated carbocycles. The van der Waals surface area contributed by atoms with Gasteiger partial charge in [-0.15, -0.1) is 5.10 Å². The number of ether oxygens (including phenoxy) is 1. The molecule has 41 heavy (non-hydrogen) atoms. The van der Waals surface area contributed by atoms with Crippen LogP contribution in [0.15, 0.2) is 61.4 Å². The molecule has 0 aliphatic rings. The Morgan fingerprint density at radius 2 is 1.90 bits per heavy atom. The van der Waals surface area contributed by atoms with Crippen molar-refractivity contribution >= 4 is 29.1 Å². The Morgan fingerprint density at radius 3 is 2.49 bits per heavy atom. The molecule has 4 aromatic rings. The van der Waals surface area contributed by atoms with Crippen molar-refractivity contribution in [3.63, 3.8) is 0 Å². The van der Waals surface area contributed by atoms with Crippen molar-refractivity contribution in [2.75, 3.05) is 5.32 Å². The molecule has 2 heterocycles. The smallest absolute Gasteiger partial charge is 0.426 e. The van der Waals surface area contributed by atoms with Gasteiger partial charge in [0.15, 0.2) is 5.11 Å². The molecule has 0 aliphatic heterocycles. The number of aliphatic hydroxyl groups is 1. The maximum absolute atomic E-state index is 15.1. The number of carbonyl (C=O) groups excluding carboxylic acids is 1. The number of nitrogens with zero attached hydrogens (tertiary/aromatic N) is 8. The molecular formula is C25H28F2N10O3S. The Bertz CT molecular complexity index is 1480. The summed E-state index contributed by atoms with van der Waals surface area (Å²) >= 11 is 5.63. The van der Waals surface area contributed by atoms with Gasteiger partial charge >= 0.3 is 6.09 Å². The van der Waals surface area contributed by atoms with Crippen LogP contribution in [0.3, 0.4) is 0 Å². The predicted molar refractivity (Wildman–Crippen MR) is 146 cm³/mol. The Hall–Kier alpha value is -4.57. The molecule has 2 unspecified atom stereocenters. The molecule has 0 spiro atoms. The average Bonchev–Trinajstić information content (AvgIpc) is 3.61. The normalized spacial score (nSPS) is 13.6. The van der Waals surface area contributed by atoms with Crippen molar-refractivity contribution in [3.8, 4) is 5.69 Å². The van der Waals surface area contributed by atoms with Gasteiger partial charge in [-0.25, -0.2) is 33.3 Å². The van der Waals surface area contributed by atoms with E-state index in [1.807, 2.05) is 0 Å². The van der Waals surface area contributed by atoms with Crippen molar-refractivity contribution in [2.45, 2.75) is 51.5 Å². The first kappa shape index (κ1) is 29.4. The highest BCUT2D eigenvalue weighted by Gasteiger charge is 2.44. The van der Waals surface area contributed by atoms with Crippen LogP contribution in [0.1, 0.15) is 33.3 Å². The minimum atomic E-state index is -2.13. The fourth-order valence-electron chi connectivity index (χ4n) is 3.94. The molecule has 16 heteroatoms. The second-order valence-electron chi connectivity index (χ2n) is 10.0. The molecule has 3 N–H and O–H groups in total. The van der Waals surface area contributed by atoms with E-state index in [9.17, 15) is 14.3 Å². The monoisotopic (exact) mass is 586 g/mol. The number of carbonyl (C=O) groups is 1. The first-order valence-electron chi connectivity index (χ1n) is 12.3. The number of hydrazine groups is 1. The van der Waals surface area contributed by atoms with E-state index in [0.29, 0.717) is 17.4 Å². The largest absolute Gasteiger partial charge is 0.443 e. The minimum Gasteiger partial charge on any atom is -0.443 e. The molecule has 2 aromatic carbocycles. The number of anilines is 1. The van der Waals surface area contributed by atoms with Crippen LogP contribution in [0, 0.1) is 11.6 Å². The highest BCUT2D eigenvalue weighted by atomic mass is 32.1. The first-order valence-corrected chi connectivity index (χ1v) is 12.7. The van der Waals surface area contributed by atoms with E-state index in [1.165, 1.54) is 35.3 Å². The number of benzene rings is 2. The minimum absolute atomic E-state index is 0.0712. The van der Waals surface area contributed by atoms with Gasteiger partial charge in [-0.3, -0.25) is 5.01 Å². The number of rotatable bonds is 7. The van der Waals surface area contributed by atoms with Gasteiger partial charge < -0.3 is 15.2 Å². The van der Waals surface area contributed by atoms with Crippen LogP contribution in [0.2, 0.25) is 0 Å². The molecule has 0 radical (unpaired) electrons. The van der Waals surface area contributed by atoms with Crippen LogP contribution in [-0.4, -0.2) is 67.9 Å². The Balaban J connectivity index is 1.69. The molecule has 0 aliphatic carbocycles. The van der Waals surface area contributed by atoms with Crippen LogP contribution in [0.5, 0.6) is 0 Å². The van der Waals surface area contributed by atoms with Crippen LogP contribution in [0.25, 0.3) is 5.69 Å². The number of thiocarbonyl (C=S) groups is 1. The number of nitrogens with one attached hydrogen (secondary N) is 2. The van der Waals surface area contributed by atoms with E-state index in [2.05, 4.69) is 36.4 Å². The lowest BCUT2D eigenvalue weighted by Crippen LogP contribution is -2.61. The summed E-state index contributed by atoms with van der Waals surface area (Å²) in [5, 5.41) is 31.2. The lowest BCUT2D eigenvalue weighted by Gasteiger charge is -2.42. The maximum Gasteiger partial charge on any atom is 0.426 e. The topological polar surface area (TPSA) is 148 Å². The summed E-state index contributed by atoms with van der Waals surface area (Å²) in [7, 11) is 0. The van der Waals surface area contributed by atoms with E-state index < -0.39 is 35.0 Å². The van der Waals surface area contributed by atoms with Gasteiger partial charge in [0, 0.05) is 17.3 Å². The van der Waals surface area contributed by atoms with Crippen molar-refractivity contribution in [1.29, 1.82) is 0 Å². The third-order valence-corrected chi connectivity index (χ3v) is 6.21. The molecule has 4 rings (SSSR count). The zero-order chi connectivity index (χ0) is 29.8. The van der Waals surface area contributed by atoms with E-state index >= 15 is 4.39 Å². The molecule has 0 fully saturated rings. The molecule has 2 aromatic heterocycles. The molecule has 0 saturated heterocycles. The second-order valence-corrected chi connectivity index (χ2v) is 10.4. The van der Waals surface area contributed by atoms with Crippen LogP contribution < -0.4 is 10.7 Å². The summed E-state index contributed by atoms with van der Waals surface area (Å²) in [6.07, 6.45) is 3.12. The Labute approximate surface area is 239 Å². The summed E-state index contributed by atoms with van der Waals surface area (Å²) < 4.78 is 37.1. The van der Waals surface area contributed by atoms with Crippen LogP contribution in [-0.2, 0) is 16.9 Å². The van der Waals surface area contributed by atoms with Gasteiger partial charge in [0.2, 0.25) is 0 Å². The zero-order valence-corrected chi connectivity index (χ0v) is 23.4. The number of amides is 1. The summed E-state index contributed by atoms with van der Waals surface area (Å²) in [5.41, 5.74) is 0.496. The summed E-state index contributed by atoms with van der Waals surface area (Å²) in [6.45, 7) is 6.21. The highest BCUT2D eigenvalue weighted by Crippen LogP contribution is 2.33. The second kappa shape index (κ2) is 11.9. The molecule has 216 valence electrons. The van der Waals surface area contributed by atoms with Crippen LogP contribution >= 0.6 is 12.2 Å². The lowest BCUT2D eigenvalue weighted by molar-refractivity contribution is -0.0574. The highest BCUT2D eigenvalue weighted by molar-refractivity contribution is 7.80. The SMILES string of the molecule is CC(N(NC(=O)OC(C)(C)C)C(=S)Nc1ccc(-n2cnnn2)cc1)C(O)(Cn1cncn1)c1ccc(F)cc1F. The molecule has 0 bridgehead atoms. The Morgan fingerprint density at radius 1 is 1.17 bits per heavy atom. The number of hydrogen-bond acceptors (Lipinski definition) is 9. The van der Waals surface area contributed by atoms with E-state index in [-0.39, 0.29) is 17.2 Å². The van der Waals surface area contributed by atoms with Crippen LogP contribution in [0.4, 0.5) is 19.3 Å². The number of halogens is 2. The number of hydrogen-bond donors (Lipinski definition) is 3. The zero-order valence-electron chi connectivity index (χ0n) is 22.6. The fourth-order valence-corrected chi connectivity index (χ4v) is 4.26. The molecular weight excluding hydrogens is 558 g/mol. The fraction of sp³-hybridized carbons (Fsp3) is 0.320. The third-order valence-electron chi connectivity index (χ3n) is 5.91. The summed E-state index contributed by atoms with van der Waals surface area (Å²) in [4.78, 5) is 16.8. The van der Waals surface area contributed by atoms with E-state index in [1.54, 1.807) is 45.0 Å². The van der Waals surface area contributed by atoms with Gasteiger partial charge in [0.25, 0.3) is 0 Å². The average molecular weight is 587 g/mol. The van der Waals surface area contributed by atoms with Crippen molar-refractivity contribution in [1.82, 2.24) is 45.4 Å². The quantitative estimate of drug-likeness (QED) is 0.217. The molecule has 13 nitrogen and oxygen atoms in total. The van der Waals surface area contributed by atoms with E-state index in [0.717, 1.165) is 17.1 Å². The number of tetrazole rings is 1. The van der Waals surface area contributed by atoms with Crippen molar-refractivity contribution in [2.24, 2.45) is 0 Å². The molecule has 1 amide bonds. The maximum atomic E-state index is 15.1. The van der Waals surface area contributed by atoms with E-state index in [4.69, 9.17) is 17.0 Å². The van der Waals surface area contributed by atoms with Gasteiger partial charge in [0.05, 0.1) is 18.3 Å². The van der Waals surface area contributed by atoms with Gasteiger partial charge in [-0.2, -0.15) is 5.10 Å². The Kier molecular flexibility index (Phi) is 8.53. The molecule has 2 atom stereocenters.